The zero-order valence-corrected chi connectivity index (χ0v) is 12.1. The molecule has 17 heavy (non-hydrogen) atoms. The number of piperazine rings is 1. The molecule has 0 bridgehead atoms. The van der Waals surface area contributed by atoms with Crippen LogP contribution in [0.1, 0.15) is 41.0 Å². The highest BCUT2D eigenvalue weighted by Crippen LogP contribution is 2.33. The van der Waals surface area contributed by atoms with Crippen molar-refractivity contribution >= 4 is 6.41 Å². The molecule has 0 spiro atoms. The Morgan fingerprint density at radius 3 is 1.94 bits per heavy atom. The maximum atomic E-state index is 10.6. The van der Waals surface area contributed by atoms with Gasteiger partial charge in [-0.2, -0.15) is 0 Å². The Morgan fingerprint density at radius 1 is 1.00 bits per heavy atom. The van der Waals surface area contributed by atoms with E-state index in [1.807, 2.05) is 4.90 Å². The summed E-state index contributed by atoms with van der Waals surface area (Å²) in [6.45, 7) is 16.6. The highest BCUT2D eigenvalue weighted by Gasteiger charge is 2.28. The van der Waals surface area contributed by atoms with Gasteiger partial charge in [0.25, 0.3) is 0 Å². The second kappa shape index (κ2) is 5.38. The fourth-order valence-corrected chi connectivity index (χ4v) is 3.12. The largest absolute Gasteiger partial charge is 0.343 e. The molecule has 100 valence electrons. The Hall–Kier alpha value is -0.570. The molecule has 0 aromatic rings. The predicted octanol–water partition coefficient (Wildman–Crippen LogP) is 2.22. The Morgan fingerprint density at radius 2 is 1.53 bits per heavy atom. The Kier molecular flexibility index (Phi) is 4.59. The monoisotopic (exact) mass is 240 g/mol. The lowest BCUT2D eigenvalue weighted by atomic mass is 9.76. The second-order valence-corrected chi connectivity index (χ2v) is 7.32. The molecule has 1 amide bonds. The number of carbonyl (C=O) groups is 1. The van der Waals surface area contributed by atoms with E-state index in [0.29, 0.717) is 10.8 Å². The van der Waals surface area contributed by atoms with Gasteiger partial charge in [0.1, 0.15) is 0 Å². The highest BCUT2D eigenvalue weighted by atomic mass is 16.1. The number of amides is 1. The van der Waals surface area contributed by atoms with Crippen LogP contribution in [0.15, 0.2) is 0 Å². The zero-order chi connectivity index (χ0) is 13.1. The van der Waals surface area contributed by atoms with Crippen LogP contribution in [0.2, 0.25) is 0 Å². The maximum absolute atomic E-state index is 10.6. The van der Waals surface area contributed by atoms with Gasteiger partial charge in [-0.1, -0.05) is 34.6 Å². The van der Waals surface area contributed by atoms with Gasteiger partial charge >= 0.3 is 0 Å². The molecule has 0 radical (unpaired) electrons. The molecule has 1 heterocycles. The van der Waals surface area contributed by atoms with Crippen LogP contribution in [0, 0.1) is 10.8 Å². The van der Waals surface area contributed by atoms with E-state index in [4.69, 9.17) is 0 Å². The van der Waals surface area contributed by atoms with Gasteiger partial charge in [0, 0.05) is 32.7 Å². The van der Waals surface area contributed by atoms with E-state index in [0.717, 1.165) is 39.1 Å². The molecule has 1 fully saturated rings. The van der Waals surface area contributed by atoms with Gasteiger partial charge in [-0.05, 0) is 17.3 Å². The van der Waals surface area contributed by atoms with Crippen molar-refractivity contribution in [3.63, 3.8) is 0 Å². The number of carbonyl (C=O) groups excluding carboxylic acids is 1. The Labute approximate surface area is 106 Å². The molecule has 0 unspecified atom stereocenters. The Bertz CT molecular complexity index is 247. The summed E-state index contributed by atoms with van der Waals surface area (Å²) < 4.78 is 0. The third kappa shape index (κ3) is 5.53. The van der Waals surface area contributed by atoms with Crippen molar-refractivity contribution in [1.29, 1.82) is 0 Å². The van der Waals surface area contributed by atoms with E-state index >= 15 is 0 Å². The quantitative estimate of drug-likeness (QED) is 0.704. The van der Waals surface area contributed by atoms with Crippen LogP contribution in [0.4, 0.5) is 0 Å². The summed E-state index contributed by atoms with van der Waals surface area (Å²) in [6.07, 6.45) is 2.20. The molecule has 0 aromatic heterocycles. The predicted molar refractivity (Wildman–Crippen MR) is 71.9 cm³/mol. The van der Waals surface area contributed by atoms with Crippen molar-refractivity contribution in [3.8, 4) is 0 Å². The fraction of sp³-hybridized carbons (Fsp3) is 0.929. The van der Waals surface area contributed by atoms with Crippen LogP contribution in [0.3, 0.4) is 0 Å². The van der Waals surface area contributed by atoms with Gasteiger partial charge in [-0.25, -0.2) is 0 Å². The van der Waals surface area contributed by atoms with Gasteiger partial charge in [-0.15, -0.1) is 0 Å². The van der Waals surface area contributed by atoms with Crippen LogP contribution >= 0.6 is 0 Å². The number of hydrogen-bond acceptors (Lipinski definition) is 2. The average Bonchev–Trinajstić information content (AvgIpc) is 2.14. The van der Waals surface area contributed by atoms with Crippen molar-refractivity contribution in [2.75, 3.05) is 32.7 Å². The normalized spacial score (nSPS) is 19.5. The summed E-state index contributed by atoms with van der Waals surface area (Å²) in [4.78, 5) is 15.0. The van der Waals surface area contributed by atoms with Crippen molar-refractivity contribution in [3.05, 3.63) is 0 Å². The summed E-state index contributed by atoms with van der Waals surface area (Å²) in [5, 5.41) is 0. The summed E-state index contributed by atoms with van der Waals surface area (Å²) in [7, 11) is 0. The standard InChI is InChI=1S/C14H28N2O/c1-13(2,3)10-14(4,5)11-15-6-8-16(12-17)9-7-15/h12H,6-11H2,1-5H3. The van der Waals surface area contributed by atoms with E-state index in [1.54, 1.807) is 0 Å². The molecular weight excluding hydrogens is 212 g/mol. The molecule has 0 atom stereocenters. The molecule has 3 heteroatoms. The minimum absolute atomic E-state index is 0.349. The molecule has 0 N–H and O–H groups in total. The van der Waals surface area contributed by atoms with E-state index < -0.39 is 0 Å². The van der Waals surface area contributed by atoms with Crippen molar-refractivity contribution in [2.24, 2.45) is 10.8 Å². The number of hydrogen-bond donors (Lipinski definition) is 0. The maximum Gasteiger partial charge on any atom is 0.209 e. The van der Waals surface area contributed by atoms with Crippen LogP contribution < -0.4 is 0 Å². The first-order valence-corrected chi connectivity index (χ1v) is 6.64. The average molecular weight is 240 g/mol. The molecule has 1 aliphatic rings. The van der Waals surface area contributed by atoms with Crippen LogP contribution in [-0.2, 0) is 4.79 Å². The van der Waals surface area contributed by atoms with Gasteiger partial charge < -0.3 is 4.90 Å². The van der Waals surface area contributed by atoms with Gasteiger partial charge in [0.05, 0.1) is 0 Å². The molecular formula is C14H28N2O. The van der Waals surface area contributed by atoms with E-state index in [9.17, 15) is 4.79 Å². The molecule has 0 aromatic carbocycles. The van der Waals surface area contributed by atoms with Gasteiger partial charge in [-0.3, -0.25) is 9.69 Å². The summed E-state index contributed by atoms with van der Waals surface area (Å²) in [6, 6.07) is 0. The van der Waals surface area contributed by atoms with Crippen molar-refractivity contribution < 1.29 is 4.79 Å². The van der Waals surface area contributed by atoms with Gasteiger partial charge in [0.2, 0.25) is 6.41 Å². The minimum atomic E-state index is 0.349. The van der Waals surface area contributed by atoms with Crippen molar-refractivity contribution in [1.82, 2.24) is 9.80 Å². The summed E-state index contributed by atoms with van der Waals surface area (Å²) in [5.41, 5.74) is 0.732. The Balaban J connectivity index is 2.41. The summed E-state index contributed by atoms with van der Waals surface area (Å²) in [5.74, 6) is 0. The molecule has 3 nitrogen and oxygen atoms in total. The van der Waals surface area contributed by atoms with Crippen molar-refractivity contribution in [2.45, 2.75) is 41.0 Å². The zero-order valence-electron chi connectivity index (χ0n) is 12.1. The molecule has 1 rings (SSSR count). The molecule has 1 aliphatic heterocycles. The minimum Gasteiger partial charge on any atom is -0.343 e. The van der Waals surface area contributed by atoms with Crippen LogP contribution in [0.25, 0.3) is 0 Å². The second-order valence-electron chi connectivity index (χ2n) is 7.32. The smallest absolute Gasteiger partial charge is 0.209 e. The highest BCUT2D eigenvalue weighted by molar-refractivity contribution is 5.47. The van der Waals surface area contributed by atoms with E-state index in [2.05, 4.69) is 39.5 Å². The lowest BCUT2D eigenvalue weighted by molar-refractivity contribution is -0.119. The third-order valence-electron chi connectivity index (χ3n) is 3.22. The van der Waals surface area contributed by atoms with Crippen LogP contribution in [-0.4, -0.2) is 48.9 Å². The molecule has 0 aliphatic carbocycles. The lowest BCUT2D eigenvalue weighted by Gasteiger charge is -2.40. The SMILES string of the molecule is CC(C)(C)CC(C)(C)CN1CCN(C=O)CC1. The van der Waals surface area contributed by atoms with Gasteiger partial charge in [0.15, 0.2) is 0 Å². The molecule has 1 saturated heterocycles. The summed E-state index contributed by atoms with van der Waals surface area (Å²) >= 11 is 0. The topological polar surface area (TPSA) is 23.6 Å². The first kappa shape index (κ1) is 14.5. The lowest BCUT2D eigenvalue weighted by Crippen LogP contribution is -2.48. The van der Waals surface area contributed by atoms with E-state index in [1.165, 1.54) is 6.42 Å². The van der Waals surface area contributed by atoms with Crippen LogP contribution in [0.5, 0.6) is 0 Å². The first-order valence-electron chi connectivity index (χ1n) is 6.64. The third-order valence-corrected chi connectivity index (χ3v) is 3.22. The number of rotatable bonds is 4. The molecule has 0 saturated carbocycles. The number of nitrogens with zero attached hydrogens (tertiary/aromatic N) is 2. The first-order chi connectivity index (χ1) is 7.72. The fourth-order valence-electron chi connectivity index (χ4n) is 3.12. The van der Waals surface area contributed by atoms with E-state index in [-0.39, 0.29) is 0 Å².